The minimum Gasteiger partial charge on any atom is -0.354 e. The largest absolute Gasteiger partial charge is 0.354 e. The lowest BCUT2D eigenvalue weighted by Crippen LogP contribution is -2.54. The van der Waals surface area contributed by atoms with Crippen molar-refractivity contribution in [3.63, 3.8) is 0 Å². The van der Waals surface area contributed by atoms with Crippen molar-refractivity contribution in [1.29, 1.82) is 0 Å². The van der Waals surface area contributed by atoms with Crippen molar-refractivity contribution in [2.45, 2.75) is 24.1 Å². The highest BCUT2D eigenvalue weighted by Crippen LogP contribution is 2.23. The van der Waals surface area contributed by atoms with Crippen LogP contribution in [0.5, 0.6) is 0 Å². The molecule has 0 radical (unpaired) electrons. The number of nitrogens with one attached hydrogen (secondary N) is 2. The van der Waals surface area contributed by atoms with E-state index in [2.05, 4.69) is 10.6 Å². The third kappa shape index (κ3) is 4.85. The second-order valence-electron chi connectivity index (χ2n) is 6.21. The summed E-state index contributed by atoms with van der Waals surface area (Å²) in [6, 6.07) is 15.8. The molecule has 1 aliphatic heterocycles. The van der Waals surface area contributed by atoms with Gasteiger partial charge >= 0.3 is 0 Å². The molecule has 2 atom stereocenters. The molecular weight excluding hydrogens is 351 g/mol. The highest BCUT2D eigenvalue weighted by molar-refractivity contribution is 8.00. The number of halogens is 1. The first-order valence-corrected chi connectivity index (χ1v) is 9.65. The molecule has 26 heavy (non-hydrogen) atoms. The van der Waals surface area contributed by atoms with Gasteiger partial charge in [-0.3, -0.25) is 9.59 Å². The third-order valence-corrected chi connectivity index (χ3v) is 5.62. The maximum atomic E-state index is 13.8. The molecule has 0 aromatic heterocycles. The average molecular weight is 372 g/mol. The number of thioether (sulfide) groups is 1. The lowest BCUT2D eigenvalue weighted by Gasteiger charge is -2.28. The molecule has 0 unspecified atom stereocenters. The Balaban J connectivity index is 1.46. The Bertz CT molecular complexity index is 769. The molecule has 2 N–H and O–H groups in total. The van der Waals surface area contributed by atoms with Crippen molar-refractivity contribution in [2.24, 2.45) is 0 Å². The van der Waals surface area contributed by atoms with Gasteiger partial charge in [-0.1, -0.05) is 48.5 Å². The van der Waals surface area contributed by atoms with E-state index in [0.29, 0.717) is 24.3 Å². The molecule has 0 aliphatic carbocycles. The highest BCUT2D eigenvalue weighted by Gasteiger charge is 2.32. The van der Waals surface area contributed by atoms with Gasteiger partial charge in [0.05, 0.1) is 5.25 Å². The van der Waals surface area contributed by atoms with Crippen LogP contribution in [0.1, 0.15) is 11.1 Å². The zero-order valence-electron chi connectivity index (χ0n) is 14.3. The van der Waals surface area contributed by atoms with Gasteiger partial charge in [0.2, 0.25) is 11.8 Å². The van der Waals surface area contributed by atoms with Gasteiger partial charge < -0.3 is 10.6 Å². The van der Waals surface area contributed by atoms with E-state index in [0.717, 1.165) is 12.0 Å². The molecule has 1 aliphatic rings. The van der Waals surface area contributed by atoms with E-state index in [-0.39, 0.29) is 22.9 Å². The first-order valence-electron chi connectivity index (χ1n) is 8.60. The molecule has 0 saturated carbocycles. The number of rotatable bonds is 6. The van der Waals surface area contributed by atoms with Gasteiger partial charge in [0.15, 0.2) is 0 Å². The molecular formula is C20H21FN2O2S. The van der Waals surface area contributed by atoms with Crippen molar-refractivity contribution in [2.75, 3.05) is 12.3 Å². The minimum absolute atomic E-state index is 0.175. The summed E-state index contributed by atoms with van der Waals surface area (Å²) >= 11 is 1.40. The monoisotopic (exact) mass is 372 g/mol. The normalized spacial score (nSPS) is 19.7. The molecule has 0 bridgehead atoms. The van der Waals surface area contributed by atoms with E-state index < -0.39 is 6.04 Å². The number of amides is 2. The van der Waals surface area contributed by atoms with Crippen LogP contribution < -0.4 is 10.6 Å². The molecule has 2 amide bonds. The minimum atomic E-state index is -0.542. The van der Waals surface area contributed by atoms with Gasteiger partial charge in [0.25, 0.3) is 0 Å². The molecule has 3 rings (SSSR count). The van der Waals surface area contributed by atoms with Crippen LogP contribution in [0.25, 0.3) is 0 Å². The fourth-order valence-corrected chi connectivity index (χ4v) is 4.03. The first kappa shape index (κ1) is 18.5. The summed E-state index contributed by atoms with van der Waals surface area (Å²) in [7, 11) is 0. The van der Waals surface area contributed by atoms with Crippen molar-refractivity contribution in [3.05, 3.63) is 71.5 Å². The van der Waals surface area contributed by atoms with Crippen molar-refractivity contribution in [3.8, 4) is 0 Å². The Labute approximate surface area is 156 Å². The summed E-state index contributed by atoms with van der Waals surface area (Å²) in [6.45, 7) is 0.526. The smallest absolute Gasteiger partial charge is 0.243 e. The van der Waals surface area contributed by atoms with Crippen LogP contribution in [0.2, 0.25) is 0 Å². The second-order valence-corrected chi connectivity index (χ2v) is 7.44. The summed E-state index contributed by atoms with van der Waals surface area (Å²) in [4.78, 5) is 24.5. The lowest BCUT2D eigenvalue weighted by atomic mass is 10.1. The summed E-state index contributed by atoms with van der Waals surface area (Å²) in [6.07, 6.45) is 1.07. The van der Waals surface area contributed by atoms with E-state index in [1.54, 1.807) is 18.2 Å². The number of hydrogen-bond acceptors (Lipinski definition) is 3. The standard InChI is InChI=1S/C20H21FN2O2S/c21-16-9-5-4-8-15(16)12-18-20(25)23-17(13-26-18)19(24)22-11-10-14-6-2-1-3-7-14/h1-9,17-18H,10-13H2,(H,22,24)(H,23,25)/t17-,18-/m0/s1. The molecule has 1 fully saturated rings. The number of carbonyl (C=O) groups excluding carboxylic acids is 2. The summed E-state index contributed by atoms with van der Waals surface area (Å²) in [5.74, 6) is -0.206. The van der Waals surface area contributed by atoms with Gasteiger partial charge in [-0.05, 0) is 30.0 Å². The predicted molar refractivity (Wildman–Crippen MR) is 101 cm³/mol. The SMILES string of the molecule is O=C(NCCc1ccccc1)[C@@H]1CS[C@@H](Cc2ccccc2F)C(=O)N1. The lowest BCUT2D eigenvalue weighted by molar-refractivity contribution is -0.128. The van der Waals surface area contributed by atoms with Crippen LogP contribution >= 0.6 is 11.8 Å². The number of benzene rings is 2. The Hall–Kier alpha value is -2.34. The van der Waals surface area contributed by atoms with Crippen LogP contribution in [0.3, 0.4) is 0 Å². The molecule has 6 heteroatoms. The summed E-state index contributed by atoms with van der Waals surface area (Å²) in [5, 5.41) is 5.25. The molecule has 136 valence electrons. The van der Waals surface area contributed by atoms with Gasteiger partial charge in [-0.25, -0.2) is 4.39 Å². The van der Waals surface area contributed by atoms with Crippen LogP contribution in [-0.4, -0.2) is 35.4 Å². The fourth-order valence-electron chi connectivity index (χ4n) is 2.85. The molecule has 1 saturated heterocycles. The van der Waals surface area contributed by atoms with Gasteiger partial charge in [-0.2, -0.15) is 0 Å². The predicted octanol–water partition coefficient (Wildman–Crippen LogP) is 2.33. The quantitative estimate of drug-likeness (QED) is 0.818. The maximum absolute atomic E-state index is 13.8. The van der Waals surface area contributed by atoms with Crippen LogP contribution in [0, 0.1) is 5.82 Å². The highest BCUT2D eigenvalue weighted by atomic mass is 32.2. The number of hydrogen-bond donors (Lipinski definition) is 2. The zero-order valence-corrected chi connectivity index (χ0v) is 15.1. The number of carbonyl (C=O) groups is 2. The summed E-state index contributed by atoms with van der Waals surface area (Å²) in [5.41, 5.74) is 1.67. The molecule has 2 aromatic carbocycles. The van der Waals surface area contributed by atoms with E-state index in [1.165, 1.54) is 17.8 Å². The van der Waals surface area contributed by atoms with Gasteiger partial charge in [0, 0.05) is 12.3 Å². The third-order valence-electron chi connectivity index (χ3n) is 4.31. The fraction of sp³-hybridized carbons (Fsp3) is 0.300. The second kappa shape index (κ2) is 8.85. The van der Waals surface area contributed by atoms with Crippen molar-refractivity contribution >= 4 is 23.6 Å². The topological polar surface area (TPSA) is 58.2 Å². The van der Waals surface area contributed by atoms with Crippen LogP contribution in [0.15, 0.2) is 54.6 Å². The van der Waals surface area contributed by atoms with E-state index in [9.17, 15) is 14.0 Å². The van der Waals surface area contributed by atoms with E-state index in [4.69, 9.17) is 0 Å². The van der Waals surface area contributed by atoms with Gasteiger partial charge in [0.1, 0.15) is 11.9 Å². The molecule has 4 nitrogen and oxygen atoms in total. The maximum Gasteiger partial charge on any atom is 0.243 e. The molecule has 0 spiro atoms. The van der Waals surface area contributed by atoms with Crippen molar-refractivity contribution < 1.29 is 14.0 Å². The van der Waals surface area contributed by atoms with E-state index >= 15 is 0 Å². The zero-order chi connectivity index (χ0) is 18.4. The Morgan fingerprint density at radius 2 is 1.88 bits per heavy atom. The Morgan fingerprint density at radius 1 is 1.15 bits per heavy atom. The Kier molecular flexibility index (Phi) is 6.28. The van der Waals surface area contributed by atoms with Crippen LogP contribution in [0.4, 0.5) is 4.39 Å². The average Bonchev–Trinajstić information content (AvgIpc) is 2.66. The first-order chi connectivity index (χ1) is 12.6. The van der Waals surface area contributed by atoms with Crippen molar-refractivity contribution in [1.82, 2.24) is 10.6 Å². The summed E-state index contributed by atoms with van der Waals surface area (Å²) < 4.78 is 13.8. The Morgan fingerprint density at radius 3 is 2.62 bits per heavy atom. The molecule has 2 aromatic rings. The van der Waals surface area contributed by atoms with E-state index in [1.807, 2.05) is 30.3 Å². The van der Waals surface area contributed by atoms with Gasteiger partial charge in [-0.15, -0.1) is 11.8 Å². The molecule has 1 heterocycles. The van der Waals surface area contributed by atoms with Crippen LogP contribution in [-0.2, 0) is 22.4 Å².